The number of aliphatic imine (C=N–C) groups is 1. The summed E-state index contributed by atoms with van der Waals surface area (Å²) in [7, 11) is 3.48. The quantitative estimate of drug-likeness (QED) is 0.314. The van der Waals surface area contributed by atoms with Gasteiger partial charge in [-0.15, -0.1) is 35.3 Å². The molecule has 0 aliphatic heterocycles. The minimum absolute atomic E-state index is 0. The maximum Gasteiger partial charge on any atom is 0.191 e. The van der Waals surface area contributed by atoms with Crippen LogP contribution in [0.2, 0.25) is 0 Å². The highest BCUT2D eigenvalue weighted by Crippen LogP contribution is 2.34. The number of para-hydroxylation sites is 1. The molecule has 0 amide bonds. The average Bonchev–Trinajstić information content (AvgIpc) is 3.34. The molecule has 0 radical (unpaired) electrons. The van der Waals surface area contributed by atoms with Gasteiger partial charge in [0.05, 0.1) is 19.8 Å². The molecule has 0 saturated heterocycles. The SMILES string of the molecule is CN=C(NCc1cccc(OC)c1OC1CCCC1)NCc1sccc1C.I. The van der Waals surface area contributed by atoms with Crippen molar-refractivity contribution in [3.8, 4) is 11.5 Å². The van der Waals surface area contributed by atoms with E-state index in [0.717, 1.165) is 42.4 Å². The van der Waals surface area contributed by atoms with Gasteiger partial charge in [-0.3, -0.25) is 4.99 Å². The predicted molar refractivity (Wildman–Crippen MR) is 127 cm³/mol. The van der Waals surface area contributed by atoms with Crippen molar-refractivity contribution in [3.63, 3.8) is 0 Å². The molecule has 0 unspecified atom stereocenters. The van der Waals surface area contributed by atoms with Crippen LogP contribution in [-0.2, 0) is 13.1 Å². The number of ether oxygens (including phenoxy) is 2. The van der Waals surface area contributed by atoms with Gasteiger partial charge in [-0.1, -0.05) is 12.1 Å². The van der Waals surface area contributed by atoms with Gasteiger partial charge in [0, 0.05) is 24.0 Å². The number of guanidine groups is 1. The Labute approximate surface area is 189 Å². The summed E-state index contributed by atoms with van der Waals surface area (Å²) in [6.45, 7) is 3.53. The van der Waals surface area contributed by atoms with E-state index in [4.69, 9.17) is 9.47 Å². The number of nitrogens with zero attached hydrogens (tertiary/aromatic N) is 1. The topological polar surface area (TPSA) is 54.9 Å². The second-order valence-electron chi connectivity index (χ2n) is 6.78. The van der Waals surface area contributed by atoms with Crippen molar-refractivity contribution < 1.29 is 9.47 Å². The Morgan fingerprint density at radius 1 is 1.18 bits per heavy atom. The van der Waals surface area contributed by atoms with Gasteiger partial charge in [-0.25, -0.2) is 0 Å². The summed E-state index contributed by atoms with van der Waals surface area (Å²) in [5.74, 6) is 2.42. The summed E-state index contributed by atoms with van der Waals surface area (Å²) in [5, 5.41) is 8.89. The fourth-order valence-corrected chi connectivity index (χ4v) is 4.16. The molecule has 0 atom stereocenters. The number of thiophene rings is 1. The number of hydrogen-bond acceptors (Lipinski definition) is 4. The molecule has 2 N–H and O–H groups in total. The van der Waals surface area contributed by atoms with Crippen LogP contribution in [0.15, 0.2) is 34.6 Å². The summed E-state index contributed by atoms with van der Waals surface area (Å²) in [5.41, 5.74) is 2.39. The summed E-state index contributed by atoms with van der Waals surface area (Å²) in [6.07, 6.45) is 5.01. The van der Waals surface area contributed by atoms with E-state index in [9.17, 15) is 0 Å². The summed E-state index contributed by atoms with van der Waals surface area (Å²) in [4.78, 5) is 5.66. The van der Waals surface area contributed by atoms with Gasteiger partial charge in [-0.05, 0) is 55.7 Å². The Balaban J connectivity index is 0.00000280. The Bertz CT molecular complexity index is 773. The van der Waals surface area contributed by atoms with E-state index in [1.165, 1.54) is 23.3 Å². The van der Waals surface area contributed by atoms with Crippen molar-refractivity contribution in [2.45, 2.75) is 51.8 Å². The van der Waals surface area contributed by atoms with E-state index in [-0.39, 0.29) is 24.0 Å². The lowest BCUT2D eigenvalue weighted by Gasteiger charge is -2.20. The van der Waals surface area contributed by atoms with Crippen molar-refractivity contribution >= 4 is 41.3 Å². The number of aryl methyl sites for hydroxylation is 1. The molecular formula is C21H30IN3O2S. The van der Waals surface area contributed by atoms with Crippen LogP contribution < -0.4 is 20.1 Å². The van der Waals surface area contributed by atoms with E-state index in [1.54, 1.807) is 25.5 Å². The van der Waals surface area contributed by atoms with Gasteiger partial charge in [-0.2, -0.15) is 0 Å². The molecule has 1 aliphatic carbocycles. The van der Waals surface area contributed by atoms with Gasteiger partial charge in [0.15, 0.2) is 17.5 Å². The first-order valence-electron chi connectivity index (χ1n) is 9.51. The molecular weight excluding hydrogens is 485 g/mol. The van der Waals surface area contributed by atoms with Gasteiger partial charge in [0.2, 0.25) is 0 Å². The maximum absolute atomic E-state index is 6.31. The number of nitrogens with one attached hydrogen (secondary N) is 2. The fraction of sp³-hybridized carbons (Fsp3) is 0.476. The van der Waals surface area contributed by atoms with Gasteiger partial charge in [0.25, 0.3) is 0 Å². The molecule has 1 fully saturated rings. The van der Waals surface area contributed by atoms with Crippen molar-refractivity contribution in [2.75, 3.05) is 14.2 Å². The van der Waals surface area contributed by atoms with Gasteiger partial charge < -0.3 is 20.1 Å². The lowest BCUT2D eigenvalue weighted by atomic mass is 10.1. The molecule has 0 spiro atoms. The number of rotatable bonds is 7. The average molecular weight is 515 g/mol. The second-order valence-corrected chi connectivity index (χ2v) is 7.78. The lowest BCUT2D eigenvalue weighted by Crippen LogP contribution is -2.36. The number of halogens is 1. The van der Waals surface area contributed by atoms with Crippen molar-refractivity contribution in [3.05, 3.63) is 45.6 Å². The molecule has 3 rings (SSSR count). The lowest BCUT2D eigenvalue weighted by molar-refractivity contribution is 0.198. The Kier molecular flexibility index (Phi) is 9.37. The number of hydrogen-bond donors (Lipinski definition) is 2. The van der Waals surface area contributed by atoms with Crippen LogP contribution in [0.1, 0.15) is 41.7 Å². The molecule has 1 aromatic carbocycles. The van der Waals surface area contributed by atoms with E-state index in [0.29, 0.717) is 12.6 Å². The minimum Gasteiger partial charge on any atom is -0.493 e. The van der Waals surface area contributed by atoms with Crippen molar-refractivity contribution in [2.24, 2.45) is 4.99 Å². The standard InChI is InChI=1S/C21H29N3O2S.HI/c1-15-11-12-27-19(15)14-24-21(22-2)23-13-16-7-6-10-18(25-3)20(16)26-17-8-4-5-9-17;/h6-7,10-12,17H,4-5,8-9,13-14H2,1-3H3,(H2,22,23,24);1H. The third-order valence-corrected chi connectivity index (χ3v) is 5.94. The van der Waals surface area contributed by atoms with Gasteiger partial charge >= 0.3 is 0 Å². The zero-order chi connectivity index (χ0) is 19.1. The zero-order valence-electron chi connectivity index (χ0n) is 16.8. The Hall–Kier alpha value is -1.48. The fourth-order valence-electron chi connectivity index (χ4n) is 3.32. The van der Waals surface area contributed by atoms with Crippen molar-refractivity contribution in [1.29, 1.82) is 0 Å². The molecule has 154 valence electrons. The highest BCUT2D eigenvalue weighted by Gasteiger charge is 2.20. The monoisotopic (exact) mass is 515 g/mol. The summed E-state index contributed by atoms with van der Waals surface area (Å²) in [6, 6.07) is 8.18. The number of methoxy groups -OCH3 is 1. The highest BCUT2D eigenvalue weighted by molar-refractivity contribution is 14.0. The molecule has 1 heterocycles. The van der Waals surface area contributed by atoms with Crippen LogP contribution in [0, 0.1) is 6.92 Å². The number of benzene rings is 1. The Morgan fingerprint density at radius 2 is 1.93 bits per heavy atom. The third kappa shape index (κ3) is 6.01. The Morgan fingerprint density at radius 3 is 2.57 bits per heavy atom. The van der Waals surface area contributed by atoms with Crippen molar-refractivity contribution in [1.82, 2.24) is 10.6 Å². The molecule has 1 aromatic heterocycles. The molecule has 28 heavy (non-hydrogen) atoms. The first kappa shape index (κ1) is 22.8. The predicted octanol–water partition coefficient (Wildman–Crippen LogP) is 4.87. The molecule has 7 heteroatoms. The van der Waals surface area contributed by atoms with Crippen LogP contribution >= 0.6 is 35.3 Å². The molecule has 2 aromatic rings. The van der Waals surface area contributed by atoms with E-state index in [1.807, 2.05) is 12.1 Å². The molecule has 1 saturated carbocycles. The van der Waals surface area contributed by atoms with E-state index < -0.39 is 0 Å². The van der Waals surface area contributed by atoms with E-state index >= 15 is 0 Å². The molecule has 5 nitrogen and oxygen atoms in total. The normalized spacial score (nSPS) is 14.5. The molecule has 0 bridgehead atoms. The summed E-state index contributed by atoms with van der Waals surface area (Å²) >= 11 is 1.76. The first-order valence-corrected chi connectivity index (χ1v) is 10.4. The summed E-state index contributed by atoms with van der Waals surface area (Å²) < 4.78 is 11.8. The second kappa shape index (κ2) is 11.5. The minimum atomic E-state index is 0. The molecule has 1 aliphatic rings. The van der Waals surface area contributed by atoms with E-state index in [2.05, 4.69) is 40.1 Å². The maximum atomic E-state index is 6.31. The van der Waals surface area contributed by atoms with Crippen LogP contribution in [0.5, 0.6) is 11.5 Å². The van der Waals surface area contributed by atoms with Crippen LogP contribution in [0.3, 0.4) is 0 Å². The zero-order valence-corrected chi connectivity index (χ0v) is 19.9. The van der Waals surface area contributed by atoms with Crippen LogP contribution in [0.4, 0.5) is 0 Å². The third-order valence-electron chi connectivity index (χ3n) is 4.92. The largest absolute Gasteiger partial charge is 0.493 e. The van der Waals surface area contributed by atoms with Crippen LogP contribution in [0.25, 0.3) is 0 Å². The van der Waals surface area contributed by atoms with Gasteiger partial charge in [0.1, 0.15) is 0 Å². The van der Waals surface area contributed by atoms with Crippen LogP contribution in [-0.4, -0.2) is 26.2 Å². The highest BCUT2D eigenvalue weighted by atomic mass is 127. The first-order chi connectivity index (χ1) is 13.2. The smallest absolute Gasteiger partial charge is 0.191 e.